The molecule has 0 aliphatic rings. The molecule has 5 nitrogen and oxygen atoms in total. The predicted octanol–water partition coefficient (Wildman–Crippen LogP) is 1.53. The molecule has 0 radical (unpaired) electrons. The molecule has 15 heavy (non-hydrogen) atoms. The predicted molar refractivity (Wildman–Crippen MR) is 62.3 cm³/mol. The number of nitrogen functional groups attached to an aromatic ring is 1. The number of hydrogen-bond acceptors (Lipinski definition) is 3. The number of nitrogens with two attached hydrogens (primary N) is 1. The number of carbonyl (C=O) groups excluding carboxylic acids is 1. The van der Waals surface area contributed by atoms with E-state index < -0.39 is 15.8 Å². The fourth-order valence-corrected chi connectivity index (χ4v) is 1.41. The lowest BCUT2D eigenvalue weighted by Crippen LogP contribution is -2.09. The number of carbonyl (C=O) groups is 1. The molecule has 82 valence electrons. The van der Waals surface area contributed by atoms with E-state index in [9.17, 15) is 9.00 Å². The first kappa shape index (κ1) is 11.5. The number of nitrogens with zero attached hydrogens (tertiary/aromatic N) is 1. The molecule has 3 N–H and O–H groups in total. The van der Waals surface area contributed by atoms with Gasteiger partial charge in [-0.25, -0.2) is 9.00 Å². The molecule has 1 aromatic carbocycles. The molecular weight excluding hydrogens is 214 g/mol. The van der Waals surface area contributed by atoms with Gasteiger partial charge < -0.3 is 11.1 Å². The molecule has 0 heterocycles. The number of benzene rings is 1. The fraction of sp³-hybridized carbons (Fsp3) is 0.222. The molecular formula is C9H13N3O2S. The third-order valence-electron chi connectivity index (χ3n) is 1.44. The molecule has 0 bridgehead atoms. The molecule has 0 aliphatic carbocycles. The van der Waals surface area contributed by atoms with Crippen LogP contribution in [0.4, 0.5) is 16.2 Å². The van der Waals surface area contributed by atoms with E-state index in [0.29, 0.717) is 11.4 Å². The van der Waals surface area contributed by atoms with Gasteiger partial charge in [0.2, 0.25) is 0 Å². The lowest BCUT2D eigenvalue weighted by molar-refractivity contribution is 0.260. The molecule has 1 rings (SSSR count). The Bertz CT molecular complexity index is 482. The minimum absolute atomic E-state index is 0.535. The molecule has 0 aromatic heterocycles. The summed E-state index contributed by atoms with van der Waals surface area (Å²) in [4.78, 5) is 11.2. The second-order valence-corrected chi connectivity index (χ2v) is 5.87. The summed E-state index contributed by atoms with van der Waals surface area (Å²) in [5.41, 5.74) is 6.60. The molecule has 2 amide bonds. The normalized spacial score (nSPS) is 10.8. The molecule has 0 fully saturated rings. The van der Waals surface area contributed by atoms with Crippen LogP contribution in [0, 0.1) is 0 Å². The fourth-order valence-electron chi connectivity index (χ4n) is 0.962. The maximum Gasteiger partial charge on any atom is 0.353 e. The first-order valence-corrected chi connectivity index (χ1v) is 6.53. The van der Waals surface area contributed by atoms with Crippen LogP contribution in [-0.2, 0) is 9.73 Å². The van der Waals surface area contributed by atoms with Crippen molar-refractivity contribution in [2.45, 2.75) is 0 Å². The third-order valence-corrected chi connectivity index (χ3v) is 2.05. The van der Waals surface area contributed by atoms with Crippen molar-refractivity contribution in [3.05, 3.63) is 24.3 Å². The third kappa shape index (κ3) is 4.46. The summed E-state index contributed by atoms with van der Waals surface area (Å²) in [5, 5.41) is 2.47. The number of rotatable bonds is 1. The molecule has 0 atom stereocenters. The van der Waals surface area contributed by atoms with E-state index in [1.54, 1.807) is 24.3 Å². The van der Waals surface area contributed by atoms with Crippen molar-refractivity contribution in [1.29, 1.82) is 0 Å². The van der Waals surface area contributed by atoms with Crippen LogP contribution in [0.3, 0.4) is 0 Å². The van der Waals surface area contributed by atoms with Crippen molar-refractivity contribution >= 4 is 27.1 Å². The van der Waals surface area contributed by atoms with Gasteiger partial charge in [-0.3, -0.25) is 0 Å². The van der Waals surface area contributed by atoms with Crippen molar-refractivity contribution in [2.75, 3.05) is 23.6 Å². The molecule has 6 heteroatoms. The summed E-state index contributed by atoms with van der Waals surface area (Å²) in [5.74, 6) is 0. The molecule has 0 saturated heterocycles. The van der Waals surface area contributed by atoms with Crippen molar-refractivity contribution in [2.24, 2.45) is 4.36 Å². The first-order chi connectivity index (χ1) is 6.87. The van der Waals surface area contributed by atoms with Gasteiger partial charge in [0.1, 0.15) is 0 Å². The summed E-state index contributed by atoms with van der Waals surface area (Å²) >= 11 is 0. The maximum atomic E-state index is 11.2. The van der Waals surface area contributed by atoms with Crippen molar-refractivity contribution in [1.82, 2.24) is 0 Å². The van der Waals surface area contributed by atoms with E-state index in [2.05, 4.69) is 9.68 Å². The highest BCUT2D eigenvalue weighted by Gasteiger charge is 2.01. The van der Waals surface area contributed by atoms with Crippen LogP contribution in [-0.4, -0.2) is 22.8 Å². The highest BCUT2D eigenvalue weighted by molar-refractivity contribution is 7.92. The second kappa shape index (κ2) is 4.31. The maximum absolute atomic E-state index is 11.2. The number of hydrogen-bond donors (Lipinski definition) is 2. The van der Waals surface area contributed by atoms with Gasteiger partial charge in [-0.2, -0.15) is 0 Å². The summed E-state index contributed by atoms with van der Waals surface area (Å²) in [7, 11) is -2.42. The summed E-state index contributed by atoms with van der Waals surface area (Å²) in [6.45, 7) is 0. The topological polar surface area (TPSA) is 84.5 Å². The quantitative estimate of drug-likeness (QED) is 0.713. The SMILES string of the molecule is CS(C)(=O)=NC(=O)Nc1cccc(N)c1. The number of urea groups is 1. The Morgan fingerprint density at radius 3 is 2.67 bits per heavy atom. The Labute approximate surface area is 88.9 Å². The Balaban J connectivity index is 2.80. The van der Waals surface area contributed by atoms with Crippen molar-refractivity contribution in [3.63, 3.8) is 0 Å². The Kier molecular flexibility index (Phi) is 3.31. The Hall–Kier alpha value is -1.56. The second-order valence-electron chi connectivity index (χ2n) is 3.33. The number of amides is 2. The van der Waals surface area contributed by atoms with Crippen LogP contribution in [0.1, 0.15) is 0 Å². The van der Waals surface area contributed by atoms with E-state index in [0.717, 1.165) is 0 Å². The van der Waals surface area contributed by atoms with Crippen LogP contribution in [0.5, 0.6) is 0 Å². The van der Waals surface area contributed by atoms with E-state index >= 15 is 0 Å². The average Bonchev–Trinajstić information content (AvgIpc) is 1.99. The van der Waals surface area contributed by atoms with Crippen molar-refractivity contribution < 1.29 is 9.00 Å². The van der Waals surface area contributed by atoms with E-state index in [-0.39, 0.29) is 0 Å². The molecule has 0 saturated carbocycles. The number of nitrogens with one attached hydrogen (secondary N) is 1. The molecule has 0 unspecified atom stereocenters. The average molecular weight is 227 g/mol. The minimum Gasteiger partial charge on any atom is -0.399 e. The van der Waals surface area contributed by atoms with Gasteiger partial charge in [0.05, 0.1) is 9.73 Å². The van der Waals surface area contributed by atoms with Crippen LogP contribution < -0.4 is 11.1 Å². The summed E-state index contributed by atoms with van der Waals surface area (Å²) < 4.78 is 14.7. The standard InChI is InChI=1S/C9H13N3O2S/c1-15(2,14)12-9(13)11-8-5-3-4-7(10)6-8/h3-6H,10H2,1-2H3,(H,11,13). The van der Waals surface area contributed by atoms with E-state index in [1.807, 2.05) is 0 Å². The zero-order valence-corrected chi connectivity index (χ0v) is 9.38. The van der Waals surface area contributed by atoms with Crippen LogP contribution >= 0.6 is 0 Å². The Morgan fingerprint density at radius 2 is 2.13 bits per heavy atom. The first-order valence-electron chi connectivity index (χ1n) is 4.20. The van der Waals surface area contributed by atoms with E-state index in [4.69, 9.17) is 5.73 Å². The van der Waals surface area contributed by atoms with Gasteiger partial charge in [-0.15, -0.1) is 4.36 Å². The highest BCUT2D eigenvalue weighted by Crippen LogP contribution is 2.11. The molecule has 1 aromatic rings. The van der Waals surface area contributed by atoms with Gasteiger partial charge in [0, 0.05) is 23.9 Å². The lowest BCUT2D eigenvalue weighted by Gasteiger charge is -2.02. The highest BCUT2D eigenvalue weighted by atomic mass is 32.2. The van der Waals surface area contributed by atoms with Gasteiger partial charge in [0.15, 0.2) is 0 Å². The zero-order valence-electron chi connectivity index (χ0n) is 8.56. The lowest BCUT2D eigenvalue weighted by atomic mass is 10.3. The smallest absolute Gasteiger partial charge is 0.353 e. The van der Waals surface area contributed by atoms with Gasteiger partial charge in [-0.05, 0) is 18.2 Å². The van der Waals surface area contributed by atoms with E-state index in [1.165, 1.54) is 12.5 Å². The van der Waals surface area contributed by atoms with Crippen molar-refractivity contribution in [3.8, 4) is 0 Å². The Morgan fingerprint density at radius 1 is 1.47 bits per heavy atom. The molecule has 0 aliphatic heterocycles. The molecule has 0 spiro atoms. The van der Waals surface area contributed by atoms with Gasteiger partial charge in [-0.1, -0.05) is 6.07 Å². The van der Waals surface area contributed by atoms with Crippen LogP contribution in [0.15, 0.2) is 28.6 Å². The van der Waals surface area contributed by atoms with Crippen LogP contribution in [0.2, 0.25) is 0 Å². The minimum atomic E-state index is -2.42. The van der Waals surface area contributed by atoms with Gasteiger partial charge >= 0.3 is 6.03 Å². The van der Waals surface area contributed by atoms with Crippen LogP contribution in [0.25, 0.3) is 0 Å². The van der Waals surface area contributed by atoms with Gasteiger partial charge in [0.25, 0.3) is 0 Å². The zero-order chi connectivity index (χ0) is 11.5. The largest absolute Gasteiger partial charge is 0.399 e. The monoisotopic (exact) mass is 227 g/mol. The summed E-state index contributed by atoms with van der Waals surface area (Å²) in [6.07, 6.45) is 2.79. The number of anilines is 2. The summed E-state index contributed by atoms with van der Waals surface area (Å²) in [6, 6.07) is 6.06.